The smallest absolute Gasteiger partial charge is 0.251 e. The number of nitriles is 1. The molecule has 0 unspecified atom stereocenters. The van der Waals surface area contributed by atoms with E-state index in [1.54, 1.807) is 12.3 Å². The van der Waals surface area contributed by atoms with Gasteiger partial charge in [-0.15, -0.1) is 0 Å². The van der Waals surface area contributed by atoms with E-state index in [1.807, 2.05) is 25.1 Å². The fraction of sp³-hybridized carbons (Fsp3) is 0.421. The third-order valence-corrected chi connectivity index (χ3v) is 4.89. The monoisotopic (exact) mass is 351 g/mol. The highest BCUT2D eigenvalue weighted by atomic mass is 16.5. The maximum absolute atomic E-state index is 12.5. The number of amides is 1. The largest absolute Gasteiger partial charge is 0.365 e. The number of hydrogen-bond donors (Lipinski definition) is 2. The maximum atomic E-state index is 12.5. The first-order valence-electron chi connectivity index (χ1n) is 8.85. The summed E-state index contributed by atoms with van der Waals surface area (Å²) in [5.41, 5.74) is 2.22. The van der Waals surface area contributed by atoms with Crippen LogP contribution in [0.15, 0.2) is 30.5 Å². The highest BCUT2D eigenvalue weighted by molar-refractivity contribution is 5.95. The molecule has 2 aromatic rings. The van der Waals surface area contributed by atoms with Crippen LogP contribution >= 0.6 is 0 Å². The summed E-state index contributed by atoms with van der Waals surface area (Å²) in [6, 6.07) is 9.95. The average molecular weight is 351 g/mol. The molecule has 0 spiro atoms. The minimum Gasteiger partial charge on any atom is -0.365 e. The number of hydrogen-bond acceptors (Lipinski definition) is 6. The van der Waals surface area contributed by atoms with Gasteiger partial charge in [-0.25, -0.2) is 0 Å². The summed E-state index contributed by atoms with van der Waals surface area (Å²) in [6.45, 7) is 4.76. The van der Waals surface area contributed by atoms with E-state index in [1.165, 1.54) is 0 Å². The normalized spacial score (nSPS) is 23.3. The summed E-state index contributed by atoms with van der Waals surface area (Å²) >= 11 is 0. The molecule has 0 saturated carbocycles. The zero-order valence-electron chi connectivity index (χ0n) is 14.6. The molecule has 1 aromatic heterocycles. The van der Waals surface area contributed by atoms with E-state index in [9.17, 15) is 10.1 Å². The first-order chi connectivity index (χ1) is 12.7. The molecular weight excluding hydrogens is 330 g/mol. The van der Waals surface area contributed by atoms with Crippen molar-refractivity contribution in [2.75, 3.05) is 31.1 Å². The minimum atomic E-state index is -0.512. The molecule has 1 aromatic carbocycles. The van der Waals surface area contributed by atoms with Gasteiger partial charge in [0.2, 0.25) is 0 Å². The first kappa shape index (κ1) is 16.8. The third-order valence-electron chi connectivity index (χ3n) is 4.89. The summed E-state index contributed by atoms with van der Waals surface area (Å²) in [4.78, 5) is 19.1. The van der Waals surface area contributed by atoms with Gasteiger partial charge in [0.1, 0.15) is 6.07 Å². The molecule has 2 aliphatic rings. The van der Waals surface area contributed by atoms with Gasteiger partial charge in [0.05, 0.1) is 29.8 Å². The van der Waals surface area contributed by atoms with Gasteiger partial charge in [0.25, 0.3) is 5.91 Å². The van der Waals surface area contributed by atoms with Gasteiger partial charge in [-0.2, -0.15) is 5.26 Å². The van der Waals surface area contributed by atoms with E-state index in [2.05, 4.69) is 26.6 Å². The molecule has 2 aliphatic heterocycles. The number of carbonyl (C=O) groups is 1. The van der Waals surface area contributed by atoms with Crippen molar-refractivity contribution < 1.29 is 9.53 Å². The Kier molecular flexibility index (Phi) is 4.45. The van der Waals surface area contributed by atoms with E-state index in [0.29, 0.717) is 24.2 Å². The van der Waals surface area contributed by atoms with E-state index >= 15 is 0 Å². The van der Waals surface area contributed by atoms with Crippen molar-refractivity contribution in [3.05, 3.63) is 36.0 Å². The molecule has 2 saturated heterocycles. The molecule has 0 radical (unpaired) electrons. The number of pyridine rings is 1. The lowest BCUT2D eigenvalue weighted by Gasteiger charge is -2.39. The number of carbonyl (C=O) groups excluding carboxylic acids is 1. The summed E-state index contributed by atoms with van der Waals surface area (Å²) < 4.78 is 5.88. The highest BCUT2D eigenvalue weighted by Gasteiger charge is 2.33. The number of fused-ring (bicyclic) bond motifs is 1. The van der Waals surface area contributed by atoms with Crippen molar-refractivity contribution >= 4 is 22.5 Å². The molecule has 26 heavy (non-hydrogen) atoms. The van der Waals surface area contributed by atoms with Crippen LogP contribution in [0.5, 0.6) is 0 Å². The Balaban J connectivity index is 1.61. The van der Waals surface area contributed by atoms with Crippen LogP contribution in [0, 0.1) is 11.3 Å². The lowest BCUT2D eigenvalue weighted by molar-refractivity contribution is -0.138. The Morgan fingerprint density at radius 1 is 1.38 bits per heavy atom. The van der Waals surface area contributed by atoms with Gasteiger partial charge in [0, 0.05) is 36.9 Å². The first-order valence-corrected chi connectivity index (χ1v) is 8.85. The van der Waals surface area contributed by atoms with Crippen molar-refractivity contribution in [1.82, 2.24) is 15.6 Å². The van der Waals surface area contributed by atoms with E-state index < -0.39 is 6.10 Å². The molecule has 7 nitrogen and oxygen atoms in total. The number of rotatable bonds is 3. The van der Waals surface area contributed by atoms with Gasteiger partial charge >= 0.3 is 0 Å². The fourth-order valence-electron chi connectivity index (χ4n) is 3.50. The second-order valence-electron chi connectivity index (χ2n) is 6.85. The molecular formula is C19H21N5O2. The number of nitrogens with one attached hydrogen (secondary N) is 2. The summed E-state index contributed by atoms with van der Waals surface area (Å²) in [5, 5.41) is 16.4. The van der Waals surface area contributed by atoms with Crippen LogP contribution in [0.2, 0.25) is 0 Å². The summed E-state index contributed by atoms with van der Waals surface area (Å²) in [6.07, 6.45) is 1.11. The Morgan fingerprint density at radius 2 is 2.23 bits per heavy atom. The molecule has 2 N–H and O–H groups in total. The number of ether oxygens (including phenoxy) is 1. The average Bonchev–Trinajstić information content (AvgIpc) is 2.63. The van der Waals surface area contributed by atoms with E-state index in [0.717, 1.165) is 24.2 Å². The molecule has 134 valence electrons. The van der Waals surface area contributed by atoms with Crippen LogP contribution in [-0.4, -0.2) is 55.3 Å². The third kappa shape index (κ3) is 3.09. The number of nitrogens with zero attached hydrogens (tertiary/aromatic N) is 3. The van der Waals surface area contributed by atoms with Crippen LogP contribution in [0.1, 0.15) is 12.5 Å². The molecule has 0 bridgehead atoms. The fourth-order valence-corrected chi connectivity index (χ4v) is 3.50. The van der Waals surface area contributed by atoms with Crippen LogP contribution in [0.3, 0.4) is 0 Å². The standard InChI is InChI=1S/C19H21N5O2/c1-12-10-24(11-17(26-12)19(25)23-14-8-21-9-14)16-5-4-13(7-20)18-15(16)3-2-6-22-18/h2-6,12,14,17,21H,8-11H2,1H3,(H,23,25)/t12-,17-/m1/s1. The number of morpholine rings is 1. The topological polar surface area (TPSA) is 90.3 Å². The Hall–Kier alpha value is -2.69. The minimum absolute atomic E-state index is 0.0656. The van der Waals surface area contributed by atoms with Gasteiger partial charge < -0.3 is 20.3 Å². The molecule has 2 fully saturated rings. The number of anilines is 1. The molecule has 3 heterocycles. The highest BCUT2D eigenvalue weighted by Crippen LogP contribution is 2.30. The van der Waals surface area contributed by atoms with Crippen molar-refractivity contribution in [1.29, 1.82) is 5.26 Å². The second-order valence-corrected chi connectivity index (χ2v) is 6.85. The lowest BCUT2D eigenvalue weighted by atomic mass is 10.1. The lowest BCUT2D eigenvalue weighted by Crippen LogP contribution is -2.61. The SMILES string of the molecule is C[C@@H]1CN(c2ccc(C#N)c3ncccc23)C[C@H](C(=O)NC2CNC2)O1. The predicted molar refractivity (Wildman–Crippen MR) is 97.8 cm³/mol. The number of aromatic nitrogens is 1. The molecule has 2 atom stereocenters. The quantitative estimate of drug-likeness (QED) is 0.850. The van der Waals surface area contributed by atoms with E-state index in [-0.39, 0.29) is 18.1 Å². The van der Waals surface area contributed by atoms with Crippen LogP contribution < -0.4 is 15.5 Å². The summed E-state index contributed by atoms with van der Waals surface area (Å²) in [5.74, 6) is -0.0656. The molecule has 4 rings (SSSR count). The van der Waals surface area contributed by atoms with Gasteiger partial charge in [-0.05, 0) is 31.2 Å². The van der Waals surface area contributed by atoms with Crippen molar-refractivity contribution in [3.8, 4) is 6.07 Å². The molecule has 1 amide bonds. The Bertz CT molecular complexity index is 874. The summed E-state index contributed by atoms with van der Waals surface area (Å²) in [7, 11) is 0. The van der Waals surface area contributed by atoms with Gasteiger partial charge in [0.15, 0.2) is 6.10 Å². The zero-order chi connectivity index (χ0) is 18.1. The zero-order valence-corrected chi connectivity index (χ0v) is 14.6. The predicted octanol–water partition coefficient (Wildman–Crippen LogP) is 0.788. The van der Waals surface area contributed by atoms with Crippen LogP contribution in [0.25, 0.3) is 10.9 Å². The Morgan fingerprint density at radius 3 is 2.96 bits per heavy atom. The van der Waals surface area contributed by atoms with Crippen molar-refractivity contribution in [2.45, 2.75) is 25.2 Å². The van der Waals surface area contributed by atoms with Crippen LogP contribution in [-0.2, 0) is 9.53 Å². The number of benzene rings is 1. The van der Waals surface area contributed by atoms with Crippen molar-refractivity contribution in [3.63, 3.8) is 0 Å². The maximum Gasteiger partial charge on any atom is 0.251 e. The molecule has 0 aliphatic carbocycles. The Labute approximate surface area is 151 Å². The van der Waals surface area contributed by atoms with Crippen LogP contribution in [0.4, 0.5) is 5.69 Å². The van der Waals surface area contributed by atoms with Crippen molar-refractivity contribution in [2.24, 2.45) is 0 Å². The van der Waals surface area contributed by atoms with E-state index in [4.69, 9.17) is 4.74 Å². The molecule has 7 heteroatoms. The second kappa shape index (κ2) is 6.90. The van der Waals surface area contributed by atoms with Gasteiger partial charge in [-0.3, -0.25) is 9.78 Å². The van der Waals surface area contributed by atoms with Gasteiger partial charge in [-0.1, -0.05) is 0 Å².